The van der Waals surface area contributed by atoms with Gasteiger partial charge in [-0.1, -0.05) is 19.9 Å². The van der Waals surface area contributed by atoms with Crippen LogP contribution in [0.2, 0.25) is 13.1 Å². The van der Waals surface area contributed by atoms with E-state index in [0.29, 0.717) is 6.04 Å². The molecule has 0 saturated heterocycles. The Labute approximate surface area is 116 Å². The Balaban J connectivity index is 2.23. The molecule has 3 nitrogen and oxygen atoms in total. The maximum atomic E-state index is 10.3. The molecule has 4 heteroatoms. The summed E-state index contributed by atoms with van der Waals surface area (Å²) in [5.74, 6) is 0. The van der Waals surface area contributed by atoms with Gasteiger partial charge in [-0.2, -0.15) is 0 Å². The summed E-state index contributed by atoms with van der Waals surface area (Å²) in [5.41, 5.74) is 2.44. The molecule has 0 radical (unpaired) electrons. The van der Waals surface area contributed by atoms with Gasteiger partial charge in [0.1, 0.15) is 0 Å². The highest BCUT2D eigenvalue weighted by molar-refractivity contribution is 6.85. The molecule has 2 aromatic rings. The molecule has 1 heterocycles. The predicted octanol–water partition coefficient (Wildman–Crippen LogP) is 2.11. The van der Waals surface area contributed by atoms with Crippen LogP contribution < -0.4 is 10.5 Å². The van der Waals surface area contributed by atoms with Crippen LogP contribution in [0.4, 0.5) is 0 Å². The lowest BCUT2D eigenvalue weighted by molar-refractivity contribution is 0.569. The highest BCUT2D eigenvalue weighted by Gasteiger charge is 2.23. The van der Waals surface area contributed by atoms with E-state index in [2.05, 4.69) is 42.3 Å². The molecule has 1 aromatic carbocycles. The standard InChI is InChI=1S/C15H24N2OSi/c1-11(2)16-8-7-12-5-6-14-13(9-12)15(10-17-14)19(3,4)18/h5-6,9-11,16-18H,7-8H2,1-4H3. The van der Waals surface area contributed by atoms with Crippen molar-refractivity contribution >= 4 is 24.4 Å². The largest absolute Gasteiger partial charge is 0.428 e. The van der Waals surface area contributed by atoms with E-state index in [0.717, 1.165) is 23.7 Å². The molecule has 0 amide bonds. The first-order valence-electron chi connectivity index (χ1n) is 6.94. The van der Waals surface area contributed by atoms with Gasteiger partial charge in [0.25, 0.3) is 0 Å². The Morgan fingerprint density at radius 1 is 1.32 bits per heavy atom. The minimum atomic E-state index is -2.26. The number of aromatic amines is 1. The van der Waals surface area contributed by atoms with Gasteiger partial charge in [0.2, 0.25) is 8.32 Å². The van der Waals surface area contributed by atoms with E-state index < -0.39 is 8.32 Å². The minimum Gasteiger partial charge on any atom is -0.428 e. The summed E-state index contributed by atoms with van der Waals surface area (Å²) < 4.78 is 0. The number of fused-ring (bicyclic) bond motifs is 1. The van der Waals surface area contributed by atoms with Gasteiger partial charge in [-0.05, 0) is 48.9 Å². The van der Waals surface area contributed by atoms with Crippen LogP contribution in [0.15, 0.2) is 24.4 Å². The van der Waals surface area contributed by atoms with Crippen LogP contribution in [0.5, 0.6) is 0 Å². The van der Waals surface area contributed by atoms with Gasteiger partial charge in [-0.15, -0.1) is 0 Å². The molecule has 0 spiro atoms. The van der Waals surface area contributed by atoms with Crippen molar-refractivity contribution in [3.63, 3.8) is 0 Å². The molecule has 3 N–H and O–H groups in total. The van der Waals surface area contributed by atoms with Gasteiger partial charge in [0, 0.05) is 23.1 Å². The van der Waals surface area contributed by atoms with Crippen LogP contribution in [0.1, 0.15) is 19.4 Å². The number of hydrogen-bond acceptors (Lipinski definition) is 2. The lowest BCUT2D eigenvalue weighted by Gasteiger charge is -2.13. The molecular weight excluding hydrogens is 252 g/mol. The summed E-state index contributed by atoms with van der Waals surface area (Å²) in [6.45, 7) is 9.23. The van der Waals surface area contributed by atoms with E-state index in [-0.39, 0.29) is 0 Å². The molecule has 104 valence electrons. The minimum absolute atomic E-state index is 0.523. The average molecular weight is 276 g/mol. The van der Waals surface area contributed by atoms with Crippen LogP contribution in [-0.2, 0) is 6.42 Å². The van der Waals surface area contributed by atoms with Crippen molar-refractivity contribution in [3.05, 3.63) is 30.0 Å². The summed E-state index contributed by atoms with van der Waals surface area (Å²) in [4.78, 5) is 13.6. The van der Waals surface area contributed by atoms with Gasteiger partial charge < -0.3 is 15.1 Å². The van der Waals surface area contributed by atoms with E-state index in [1.54, 1.807) is 0 Å². The van der Waals surface area contributed by atoms with E-state index >= 15 is 0 Å². The fourth-order valence-corrected chi connectivity index (χ4v) is 3.63. The third-order valence-electron chi connectivity index (χ3n) is 3.37. The maximum Gasteiger partial charge on any atom is 0.216 e. The van der Waals surface area contributed by atoms with Crippen molar-refractivity contribution in [2.24, 2.45) is 0 Å². The fourth-order valence-electron chi connectivity index (χ4n) is 2.33. The Morgan fingerprint density at radius 2 is 2.05 bits per heavy atom. The molecule has 19 heavy (non-hydrogen) atoms. The van der Waals surface area contributed by atoms with Crippen molar-refractivity contribution in [2.45, 2.75) is 39.4 Å². The Bertz CT molecular complexity index is 555. The third kappa shape index (κ3) is 3.46. The van der Waals surface area contributed by atoms with Gasteiger partial charge >= 0.3 is 0 Å². The van der Waals surface area contributed by atoms with Crippen molar-refractivity contribution in [3.8, 4) is 0 Å². The predicted molar refractivity (Wildman–Crippen MR) is 84.5 cm³/mol. The highest BCUT2D eigenvalue weighted by atomic mass is 28.4. The van der Waals surface area contributed by atoms with E-state index in [1.165, 1.54) is 10.9 Å². The second-order valence-electron chi connectivity index (χ2n) is 6.00. The monoisotopic (exact) mass is 276 g/mol. The van der Waals surface area contributed by atoms with Crippen LogP contribution in [0, 0.1) is 0 Å². The van der Waals surface area contributed by atoms with Crippen LogP contribution in [0.25, 0.3) is 10.9 Å². The number of rotatable bonds is 5. The Kier molecular flexibility index (Phi) is 4.13. The average Bonchev–Trinajstić information content (AvgIpc) is 2.71. The fraction of sp³-hybridized carbons (Fsp3) is 0.467. The first-order chi connectivity index (χ1) is 8.88. The molecule has 1 aromatic heterocycles. The van der Waals surface area contributed by atoms with E-state index in [1.807, 2.05) is 19.3 Å². The quantitative estimate of drug-likeness (QED) is 0.733. The zero-order chi connectivity index (χ0) is 14.0. The molecule has 2 rings (SSSR count). The summed E-state index contributed by atoms with van der Waals surface area (Å²) >= 11 is 0. The smallest absolute Gasteiger partial charge is 0.216 e. The second-order valence-corrected chi connectivity index (χ2v) is 9.66. The third-order valence-corrected chi connectivity index (χ3v) is 5.10. The van der Waals surface area contributed by atoms with Crippen LogP contribution in [-0.4, -0.2) is 30.7 Å². The molecule has 0 fully saturated rings. The first kappa shape index (κ1) is 14.3. The molecular formula is C15H24N2OSi. The molecule has 0 aliphatic carbocycles. The van der Waals surface area contributed by atoms with Crippen LogP contribution in [0.3, 0.4) is 0 Å². The van der Waals surface area contributed by atoms with Crippen LogP contribution >= 0.6 is 0 Å². The highest BCUT2D eigenvalue weighted by Crippen LogP contribution is 2.16. The van der Waals surface area contributed by atoms with Gasteiger partial charge in [0.05, 0.1) is 0 Å². The first-order valence-corrected chi connectivity index (χ1v) is 9.89. The van der Waals surface area contributed by atoms with Crippen molar-refractivity contribution in [1.82, 2.24) is 10.3 Å². The Hall–Kier alpha value is -1.10. The van der Waals surface area contributed by atoms with Gasteiger partial charge in [-0.3, -0.25) is 0 Å². The lowest BCUT2D eigenvalue weighted by Crippen LogP contribution is -2.40. The molecule has 0 aliphatic heterocycles. The van der Waals surface area contributed by atoms with Crippen molar-refractivity contribution in [2.75, 3.05) is 6.54 Å². The number of benzene rings is 1. The zero-order valence-corrected chi connectivity index (χ0v) is 13.2. The van der Waals surface area contributed by atoms with E-state index in [9.17, 15) is 4.80 Å². The molecule has 0 atom stereocenters. The SMILES string of the molecule is CC(C)NCCc1ccc2[nH]cc([Si](C)(C)O)c2c1. The summed E-state index contributed by atoms with van der Waals surface area (Å²) in [5, 5.41) is 5.71. The topological polar surface area (TPSA) is 48.0 Å². The second kappa shape index (κ2) is 5.49. The summed E-state index contributed by atoms with van der Waals surface area (Å²) in [6, 6.07) is 7.02. The number of H-pyrrole nitrogens is 1. The molecule has 0 unspecified atom stereocenters. The Morgan fingerprint density at radius 3 is 2.68 bits per heavy atom. The lowest BCUT2D eigenvalue weighted by atomic mass is 10.1. The normalized spacial score (nSPS) is 12.5. The van der Waals surface area contributed by atoms with E-state index in [4.69, 9.17) is 0 Å². The molecule has 0 aliphatic rings. The van der Waals surface area contributed by atoms with Gasteiger partial charge in [-0.25, -0.2) is 0 Å². The number of hydrogen-bond donors (Lipinski definition) is 3. The van der Waals surface area contributed by atoms with Crippen molar-refractivity contribution in [1.29, 1.82) is 0 Å². The summed E-state index contributed by atoms with van der Waals surface area (Å²) in [7, 11) is -2.26. The zero-order valence-electron chi connectivity index (χ0n) is 12.2. The maximum absolute atomic E-state index is 10.3. The number of nitrogens with one attached hydrogen (secondary N) is 2. The molecule has 0 saturated carbocycles. The van der Waals surface area contributed by atoms with Crippen molar-refractivity contribution < 1.29 is 4.80 Å². The summed E-state index contributed by atoms with van der Waals surface area (Å²) in [6.07, 6.45) is 2.99. The molecule has 0 bridgehead atoms. The van der Waals surface area contributed by atoms with Gasteiger partial charge in [0.15, 0.2) is 0 Å². The number of aromatic nitrogens is 1.